The zero-order chi connectivity index (χ0) is 14.8. The number of aryl methyl sites for hydroxylation is 1. The number of rotatable bonds is 4. The Kier molecular flexibility index (Phi) is 4.11. The van der Waals surface area contributed by atoms with Crippen molar-refractivity contribution in [2.24, 2.45) is 0 Å². The van der Waals surface area contributed by atoms with Crippen molar-refractivity contribution < 1.29 is 8.78 Å². The van der Waals surface area contributed by atoms with Crippen molar-refractivity contribution in [1.29, 1.82) is 0 Å². The summed E-state index contributed by atoms with van der Waals surface area (Å²) in [5.41, 5.74) is 0. The van der Waals surface area contributed by atoms with E-state index < -0.39 is 6.55 Å². The number of piperazine rings is 1. The lowest BCUT2D eigenvalue weighted by Gasteiger charge is -2.34. The molecule has 0 atom stereocenters. The van der Waals surface area contributed by atoms with Crippen LogP contribution in [0.25, 0.3) is 0 Å². The minimum atomic E-state index is -2.53. The summed E-state index contributed by atoms with van der Waals surface area (Å²) in [5.74, 6) is 1.20. The molecule has 0 spiro atoms. The highest BCUT2D eigenvalue weighted by molar-refractivity contribution is 7.09. The highest BCUT2D eigenvalue weighted by Crippen LogP contribution is 2.20. The molecule has 0 aliphatic carbocycles. The molecule has 0 radical (unpaired) electrons. The minimum absolute atomic E-state index is 0.408. The van der Waals surface area contributed by atoms with Gasteiger partial charge in [0.1, 0.15) is 11.6 Å². The average Bonchev–Trinajstić information content (AvgIpc) is 3.09. The zero-order valence-electron chi connectivity index (χ0n) is 11.6. The van der Waals surface area contributed by atoms with Gasteiger partial charge in [0, 0.05) is 50.1 Å². The lowest BCUT2D eigenvalue weighted by Crippen LogP contribution is -2.46. The van der Waals surface area contributed by atoms with Gasteiger partial charge in [-0.05, 0) is 6.92 Å². The molecule has 0 aromatic carbocycles. The second kappa shape index (κ2) is 6.02. The van der Waals surface area contributed by atoms with Crippen molar-refractivity contribution >= 4 is 16.7 Å². The van der Waals surface area contributed by atoms with E-state index in [1.165, 1.54) is 23.9 Å². The fraction of sp³-hybridized carbons (Fsp3) is 0.583. The number of aromatic nitrogens is 4. The molecule has 2 aromatic heterocycles. The summed E-state index contributed by atoms with van der Waals surface area (Å²) in [6, 6.07) is 0. The van der Waals surface area contributed by atoms with E-state index in [0.29, 0.717) is 12.4 Å². The number of hydrogen-bond donors (Lipinski definition) is 0. The predicted octanol–water partition coefficient (Wildman–Crippen LogP) is 1.76. The van der Waals surface area contributed by atoms with Gasteiger partial charge in [0.2, 0.25) is 5.13 Å². The minimum Gasteiger partial charge on any atom is -0.344 e. The van der Waals surface area contributed by atoms with Gasteiger partial charge in [-0.15, -0.1) is 0 Å². The molecule has 21 heavy (non-hydrogen) atoms. The van der Waals surface area contributed by atoms with Crippen LogP contribution in [-0.4, -0.2) is 50.0 Å². The van der Waals surface area contributed by atoms with Crippen LogP contribution < -0.4 is 4.90 Å². The Labute approximate surface area is 125 Å². The molecule has 0 bridgehead atoms. The SMILES string of the molecule is Cc1nsc(N2CCN(Cc3nccn3C(F)F)CC2)n1. The van der Waals surface area contributed by atoms with E-state index in [0.717, 1.165) is 41.7 Å². The topological polar surface area (TPSA) is 50.1 Å². The van der Waals surface area contributed by atoms with E-state index in [9.17, 15) is 8.78 Å². The van der Waals surface area contributed by atoms with E-state index in [1.54, 1.807) is 0 Å². The lowest BCUT2D eigenvalue weighted by atomic mass is 10.3. The molecule has 1 saturated heterocycles. The molecule has 1 fully saturated rings. The molecule has 9 heteroatoms. The molecule has 6 nitrogen and oxygen atoms in total. The van der Waals surface area contributed by atoms with Crippen LogP contribution >= 0.6 is 11.5 Å². The Balaban J connectivity index is 1.57. The summed E-state index contributed by atoms with van der Waals surface area (Å²) < 4.78 is 30.7. The molecule has 2 aromatic rings. The molecule has 1 aliphatic heterocycles. The standard InChI is InChI=1S/C12H16F2N6S/c1-9-16-12(21-17-9)19-6-4-18(5-7-19)8-10-15-2-3-20(10)11(13)14/h2-3,11H,4-8H2,1H3. The van der Waals surface area contributed by atoms with Crippen LogP contribution in [0.5, 0.6) is 0 Å². The smallest absolute Gasteiger partial charge is 0.319 e. The van der Waals surface area contributed by atoms with Gasteiger partial charge in [0.05, 0.1) is 6.54 Å². The molecule has 0 unspecified atom stereocenters. The van der Waals surface area contributed by atoms with Gasteiger partial charge >= 0.3 is 6.55 Å². The Morgan fingerprint density at radius 1 is 1.29 bits per heavy atom. The maximum atomic E-state index is 12.8. The largest absolute Gasteiger partial charge is 0.344 e. The number of alkyl halides is 2. The summed E-state index contributed by atoms with van der Waals surface area (Å²) in [7, 11) is 0. The summed E-state index contributed by atoms with van der Waals surface area (Å²) >= 11 is 1.40. The number of halogens is 2. The second-order valence-electron chi connectivity index (χ2n) is 4.92. The van der Waals surface area contributed by atoms with Crippen LogP contribution in [-0.2, 0) is 6.54 Å². The Morgan fingerprint density at radius 2 is 2.05 bits per heavy atom. The zero-order valence-corrected chi connectivity index (χ0v) is 12.4. The van der Waals surface area contributed by atoms with Crippen molar-refractivity contribution in [3.05, 3.63) is 24.0 Å². The molecular formula is C12H16F2N6S. The number of hydrogen-bond acceptors (Lipinski definition) is 6. The van der Waals surface area contributed by atoms with Gasteiger partial charge in [0.15, 0.2) is 0 Å². The third-order valence-corrected chi connectivity index (χ3v) is 4.35. The fourth-order valence-corrected chi connectivity index (χ4v) is 3.08. The van der Waals surface area contributed by atoms with Gasteiger partial charge in [-0.3, -0.25) is 9.47 Å². The molecule has 0 N–H and O–H groups in total. The van der Waals surface area contributed by atoms with Crippen LogP contribution in [0.4, 0.5) is 13.9 Å². The highest BCUT2D eigenvalue weighted by atomic mass is 32.1. The summed E-state index contributed by atoms with van der Waals surface area (Å²) in [6.45, 7) is 3.03. The first-order chi connectivity index (χ1) is 10.1. The quantitative estimate of drug-likeness (QED) is 0.861. The van der Waals surface area contributed by atoms with E-state index in [4.69, 9.17) is 0 Å². The lowest BCUT2D eigenvalue weighted by molar-refractivity contribution is 0.0637. The van der Waals surface area contributed by atoms with Crippen molar-refractivity contribution in [2.75, 3.05) is 31.1 Å². The third-order valence-electron chi connectivity index (χ3n) is 3.48. The molecule has 0 saturated carbocycles. The van der Waals surface area contributed by atoms with Crippen molar-refractivity contribution in [3.8, 4) is 0 Å². The summed E-state index contributed by atoms with van der Waals surface area (Å²) in [6.07, 6.45) is 2.74. The van der Waals surface area contributed by atoms with E-state index in [-0.39, 0.29) is 0 Å². The fourth-order valence-electron chi connectivity index (χ4n) is 2.36. The summed E-state index contributed by atoms with van der Waals surface area (Å²) in [4.78, 5) is 12.7. The van der Waals surface area contributed by atoms with E-state index in [1.807, 2.05) is 6.92 Å². The first-order valence-corrected chi connectivity index (χ1v) is 7.48. The van der Waals surface area contributed by atoms with E-state index >= 15 is 0 Å². The number of nitrogens with zero attached hydrogens (tertiary/aromatic N) is 6. The maximum absolute atomic E-state index is 12.8. The first-order valence-electron chi connectivity index (χ1n) is 6.71. The van der Waals surface area contributed by atoms with Gasteiger partial charge in [-0.25, -0.2) is 9.97 Å². The van der Waals surface area contributed by atoms with Crippen molar-refractivity contribution in [2.45, 2.75) is 20.0 Å². The van der Waals surface area contributed by atoms with Crippen LogP contribution in [0.3, 0.4) is 0 Å². The second-order valence-corrected chi connectivity index (χ2v) is 5.65. The third kappa shape index (κ3) is 3.18. The monoisotopic (exact) mass is 314 g/mol. The highest BCUT2D eigenvalue weighted by Gasteiger charge is 2.21. The Bertz CT molecular complexity index is 590. The molecule has 0 amide bonds. The molecular weight excluding hydrogens is 298 g/mol. The van der Waals surface area contributed by atoms with E-state index in [2.05, 4.69) is 24.1 Å². The van der Waals surface area contributed by atoms with Crippen LogP contribution in [0.2, 0.25) is 0 Å². The molecule has 114 valence electrons. The predicted molar refractivity (Wildman–Crippen MR) is 75.6 cm³/mol. The van der Waals surface area contributed by atoms with Crippen molar-refractivity contribution in [3.63, 3.8) is 0 Å². The van der Waals surface area contributed by atoms with Gasteiger partial charge in [-0.2, -0.15) is 13.2 Å². The average molecular weight is 314 g/mol. The van der Waals surface area contributed by atoms with Gasteiger partial charge in [-0.1, -0.05) is 0 Å². The Morgan fingerprint density at radius 3 is 2.67 bits per heavy atom. The van der Waals surface area contributed by atoms with Gasteiger partial charge in [0.25, 0.3) is 0 Å². The normalized spacial score (nSPS) is 16.9. The Hall–Kier alpha value is -1.61. The van der Waals surface area contributed by atoms with Crippen molar-refractivity contribution in [1.82, 2.24) is 23.8 Å². The van der Waals surface area contributed by atoms with Crippen LogP contribution in [0, 0.1) is 6.92 Å². The van der Waals surface area contributed by atoms with Gasteiger partial charge < -0.3 is 4.90 Å². The molecule has 1 aliphatic rings. The van der Waals surface area contributed by atoms with Crippen LogP contribution in [0.15, 0.2) is 12.4 Å². The molecule has 3 heterocycles. The first kappa shape index (κ1) is 14.3. The van der Waals surface area contributed by atoms with Crippen LogP contribution in [0.1, 0.15) is 18.2 Å². The molecule has 3 rings (SSSR count). The summed E-state index contributed by atoms with van der Waals surface area (Å²) in [5, 5.41) is 0.932. The maximum Gasteiger partial charge on any atom is 0.319 e. The number of imidazole rings is 1. The number of anilines is 1.